The van der Waals surface area contributed by atoms with Crippen LogP contribution in [0, 0.1) is 0 Å². The molecule has 3 rings (SSSR count). The average molecular weight is 460 g/mol. The molecule has 3 N–H and O–H groups in total. The minimum absolute atomic E-state index is 0.0751. The van der Waals surface area contributed by atoms with Gasteiger partial charge in [0.25, 0.3) is 0 Å². The predicted octanol–water partition coefficient (Wildman–Crippen LogP) is 3.79. The molecule has 0 saturated heterocycles. The zero-order valence-corrected chi connectivity index (χ0v) is 19.9. The fourth-order valence-corrected chi connectivity index (χ4v) is 4.40. The number of aromatic hydroxyl groups is 1. The third-order valence-electron chi connectivity index (χ3n) is 6.23. The highest BCUT2D eigenvalue weighted by atomic mass is 16.6. The van der Waals surface area contributed by atoms with E-state index >= 15 is 0 Å². The van der Waals surface area contributed by atoms with Crippen molar-refractivity contribution in [1.82, 2.24) is 15.5 Å². The highest BCUT2D eigenvalue weighted by Gasteiger charge is 2.39. The molecule has 0 aromatic heterocycles. The summed E-state index contributed by atoms with van der Waals surface area (Å²) in [6, 6.07) is 5.61. The van der Waals surface area contributed by atoms with E-state index in [9.17, 15) is 19.5 Å². The van der Waals surface area contributed by atoms with Crippen molar-refractivity contribution in [1.29, 1.82) is 0 Å². The molecule has 1 unspecified atom stereocenters. The van der Waals surface area contributed by atoms with Crippen LogP contribution in [0.3, 0.4) is 0 Å². The minimum Gasteiger partial charge on any atom is -0.508 e. The van der Waals surface area contributed by atoms with Crippen LogP contribution in [-0.4, -0.2) is 52.1 Å². The molecule has 2 aliphatic rings. The first-order valence-corrected chi connectivity index (χ1v) is 12.0. The normalized spacial score (nSPS) is 18.0. The van der Waals surface area contributed by atoms with Crippen LogP contribution in [0.2, 0.25) is 0 Å². The van der Waals surface area contributed by atoms with Gasteiger partial charge in [0.15, 0.2) is 0 Å². The number of carbonyl (C=O) groups is 3. The van der Waals surface area contributed by atoms with Gasteiger partial charge in [-0.3, -0.25) is 9.59 Å². The van der Waals surface area contributed by atoms with Gasteiger partial charge in [0.2, 0.25) is 11.8 Å². The van der Waals surface area contributed by atoms with Crippen molar-refractivity contribution < 1.29 is 24.2 Å². The number of hydrogen-bond donors (Lipinski definition) is 3. The topological polar surface area (TPSA) is 108 Å². The van der Waals surface area contributed by atoms with E-state index in [0.29, 0.717) is 5.56 Å². The smallest absolute Gasteiger partial charge is 0.408 e. The molecule has 2 saturated carbocycles. The monoisotopic (exact) mass is 459 g/mol. The number of nitrogens with one attached hydrogen (secondary N) is 2. The van der Waals surface area contributed by atoms with Crippen LogP contribution < -0.4 is 10.6 Å². The van der Waals surface area contributed by atoms with Crippen LogP contribution >= 0.6 is 0 Å². The molecule has 1 atom stereocenters. The first-order chi connectivity index (χ1) is 15.6. The molecule has 0 aliphatic heterocycles. The van der Waals surface area contributed by atoms with Crippen LogP contribution in [0.4, 0.5) is 4.79 Å². The highest BCUT2D eigenvalue weighted by molar-refractivity contribution is 5.91. The Balaban J connectivity index is 1.81. The Morgan fingerprint density at radius 2 is 1.67 bits per heavy atom. The lowest BCUT2D eigenvalue weighted by Gasteiger charge is -2.42. The van der Waals surface area contributed by atoms with E-state index < -0.39 is 17.7 Å². The van der Waals surface area contributed by atoms with Crippen molar-refractivity contribution in [2.75, 3.05) is 6.54 Å². The predicted molar refractivity (Wildman–Crippen MR) is 125 cm³/mol. The van der Waals surface area contributed by atoms with Gasteiger partial charge in [0, 0.05) is 12.1 Å². The summed E-state index contributed by atoms with van der Waals surface area (Å²) in [5.41, 5.74) is -0.0338. The number of phenols is 1. The summed E-state index contributed by atoms with van der Waals surface area (Å²) < 4.78 is 5.25. The standard InChI is InChI=1S/C25H37N3O5/c1-25(2,3)33-24(32)26-16-21(30)28(19-10-7-11-19)22(17-12-14-20(29)15-13-17)23(31)27-18-8-5-4-6-9-18/h12-15,18-19,22,29H,4-11,16H2,1-3H3,(H,26,32)(H,27,31). The number of amides is 3. The third-order valence-corrected chi connectivity index (χ3v) is 6.23. The Bertz CT molecular complexity index is 823. The van der Waals surface area contributed by atoms with Gasteiger partial charge in [-0.1, -0.05) is 31.4 Å². The Morgan fingerprint density at radius 1 is 1.03 bits per heavy atom. The molecule has 0 spiro atoms. The molecule has 3 amide bonds. The largest absolute Gasteiger partial charge is 0.508 e. The van der Waals surface area contributed by atoms with Crippen molar-refractivity contribution in [3.63, 3.8) is 0 Å². The van der Waals surface area contributed by atoms with Gasteiger partial charge in [-0.15, -0.1) is 0 Å². The molecule has 1 aromatic carbocycles. The number of benzene rings is 1. The van der Waals surface area contributed by atoms with Gasteiger partial charge < -0.3 is 25.4 Å². The van der Waals surface area contributed by atoms with E-state index in [4.69, 9.17) is 4.74 Å². The van der Waals surface area contributed by atoms with Gasteiger partial charge in [-0.25, -0.2) is 4.79 Å². The summed E-state index contributed by atoms with van der Waals surface area (Å²) in [5, 5.41) is 15.4. The molecule has 2 aliphatic carbocycles. The molecule has 182 valence electrons. The number of alkyl carbamates (subject to hydrolysis) is 1. The van der Waals surface area contributed by atoms with Crippen LogP contribution in [0.25, 0.3) is 0 Å². The molecular formula is C25H37N3O5. The SMILES string of the molecule is CC(C)(C)OC(=O)NCC(=O)N(C1CCC1)C(C(=O)NC1CCCCC1)c1ccc(O)cc1. The lowest BCUT2D eigenvalue weighted by molar-refractivity contribution is -0.145. The number of hydrogen-bond acceptors (Lipinski definition) is 5. The maximum atomic E-state index is 13.5. The van der Waals surface area contributed by atoms with Gasteiger partial charge >= 0.3 is 6.09 Å². The first-order valence-electron chi connectivity index (χ1n) is 12.0. The van der Waals surface area contributed by atoms with Crippen molar-refractivity contribution in [3.8, 4) is 5.75 Å². The summed E-state index contributed by atoms with van der Waals surface area (Å²) in [6.07, 6.45) is 7.15. The summed E-state index contributed by atoms with van der Waals surface area (Å²) in [6.45, 7) is 5.01. The molecule has 33 heavy (non-hydrogen) atoms. The Labute approximate surface area is 196 Å². The fraction of sp³-hybridized carbons (Fsp3) is 0.640. The van der Waals surface area contributed by atoms with Gasteiger partial charge in [0.05, 0.1) is 0 Å². The molecule has 1 aromatic rings. The summed E-state index contributed by atoms with van der Waals surface area (Å²) in [4.78, 5) is 40.6. The maximum Gasteiger partial charge on any atom is 0.408 e. The van der Waals surface area contributed by atoms with E-state index in [1.54, 1.807) is 37.8 Å². The summed E-state index contributed by atoms with van der Waals surface area (Å²) in [7, 11) is 0. The summed E-state index contributed by atoms with van der Waals surface area (Å²) in [5.74, 6) is -0.453. The number of carbonyl (C=O) groups excluding carboxylic acids is 3. The second kappa shape index (κ2) is 10.9. The molecule has 0 radical (unpaired) electrons. The molecule has 0 bridgehead atoms. The van der Waals surface area contributed by atoms with Crippen LogP contribution in [-0.2, 0) is 14.3 Å². The Hall–Kier alpha value is -2.77. The van der Waals surface area contributed by atoms with Crippen LogP contribution in [0.5, 0.6) is 5.75 Å². The van der Waals surface area contributed by atoms with E-state index in [2.05, 4.69) is 10.6 Å². The van der Waals surface area contributed by atoms with Crippen molar-refractivity contribution >= 4 is 17.9 Å². The Morgan fingerprint density at radius 3 is 2.21 bits per heavy atom. The second-order valence-electron chi connectivity index (χ2n) is 10.1. The average Bonchev–Trinajstić information content (AvgIpc) is 2.71. The van der Waals surface area contributed by atoms with Gasteiger partial charge in [-0.2, -0.15) is 0 Å². The first kappa shape index (κ1) is 24.9. The third kappa shape index (κ3) is 7.11. The molecule has 8 nitrogen and oxygen atoms in total. The van der Waals surface area contributed by atoms with E-state index in [0.717, 1.165) is 44.9 Å². The number of phenolic OH excluding ortho intramolecular Hbond substituents is 1. The fourth-order valence-electron chi connectivity index (χ4n) is 4.40. The number of nitrogens with zero attached hydrogens (tertiary/aromatic N) is 1. The second-order valence-corrected chi connectivity index (χ2v) is 10.1. The Kier molecular flexibility index (Phi) is 8.21. The molecule has 0 heterocycles. The highest BCUT2D eigenvalue weighted by Crippen LogP contribution is 2.34. The van der Waals surface area contributed by atoms with Crippen molar-refractivity contribution in [2.24, 2.45) is 0 Å². The lowest BCUT2D eigenvalue weighted by Crippen LogP contribution is -2.54. The molecule has 2 fully saturated rings. The van der Waals surface area contributed by atoms with Crippen LogP contribution in [0.15, 0.2) is 24.3 Å². The zero-order chi connectivity index (χ0) is 24.0. The van der Waals surface area contributed by atoms with Crippen molar-refractivity contribution in [2.45, 2.75) is 95.9 Å². The molecule has 8 heteroatoms. The van der Waals surface area contributed by atoms with E-state index in [-0.39, 0.29) is 36.2 Å². The zero-order valence-electron chi connectivity index (χ0n) is 19.9. The maximum absolute atomic E-state index is 13.5. The van der Waals surface area contributed by atoms with E-state index in [1.165, 1.54) is 18.6 Å². The number of rotatable bonds is 7. The van der Waals surface area contributed by atoms with Crippen molar-refractivity contribution in [3.05, 3.63) is 29.8 Å². The quantitative estimate of drug-likeness (QED) is 0.575. The summed E-state index contributed by atoms with van der Waals surface area (Å²) >= 11 is 0. The van der Waals surface area contributed by atoms with Crippen LogP contribution in [0.1, 0.15) is 83.7 Å². The van der Waals surface area contributed by atoms with Gasteiger partial charge in [0.1, 0.15) is 23.9 Å². The molecular weight excluding hydrogens is 422 g/mol. The van der Waals surface area contributed by atoms with E-state index in [1.807, 2.05) is 0 Å². The minimum atomic E-state index is -0.828. The lowest BCUT2D eigenvalue weighted by atomic mass is 9.88. The number of ether oxygens (including phenoxy) is 1. The van der Waals surface area contributed by atoms with Gasteiger partial charge in [-0.05, 0) is 70.6 Å².